The van der Waals surface area contributed by atoms with E-state index in [4.69, 9.17) is 4.74 Å². The SMILES string of the molecule is COc1ccnc(NCc2ccc(-c3ccn[nH]3)cc2)n1. The monoisotopic (exact) mass is 281 g/mol. The summed E-state index contributed by atoms with van der Waals surface area (Å²) in [5.41, 5.74) is 3.25. The fourth-order valence-corrected chi connectivity index (χ4v) is 1.94. The van der Waals surface area contributed by atoms with Gasteiger partial charge in [-0.3, -0.25) is 5.10 Å². The zero-order valence-corrected chi connectivity index (χ0v) is 11.6. The Labute approximate surface area is 122 Å². The molecule has 2 aromatic heterocycles. The molecule has 6 heteroatoms. The highest BCUT2D eigenvalue weighted by atomic mass is 16.5. The first-order chi connectivity index (χ1) is 10.3. The number of benzene rings is 1. The summed E-state index contributed by atoms with van der Waals surface area (Å²) in [4.78, 5) is 8.35. The Balaban J connectivity index is 1.65. The van der Waals surface area contributed by atoms with Crippen LogP contribution in [-0.4, -0.2) is 27.3 Å². The van der Waals surface area contributed by atoms with Gasteiger partial charge in [-0.2, -0.15) is 10.1 Å². The normalized spacial score (nSPS) is 10.3. The smallest absolute Gasteiger partial charge is 0.226 e. The van der Waals surface area contributed by atoms with Gasteiger partial charge in [0.2, 0.25) is 11.8 Å². The van der Waals surface area contributed by atoms with E-state index in [1.807, 2.05) is 6.07 Å². The minimum atomic E-state index is 0.544. The van der Waals surface area contributed by atoms with Crippen LogP contribution >= 0.6 is 0 Å². The zero-order chi connectivity index (χ0) is 14.5. The highest BCUT2D eigenvalue weighted by molar-refractivity contribution is 5.58. The number of anilines is 1. The van der Waals surface area contributed by atoms with Crippen LogP contribution in [-0.2, 0) is 6.54 Å². The maximum Gasteiger partial charge on any atom is 0.226 e. The maximum atomic E-state index is 5.06. The lowest BCUT2D eigenvalue weighted by Crippen LogP contribution is -2.04. The lowest BCUT2D eigenvalue weighted by Gasteiger charge is -2.06. The Bertz CT molecular complexity index is 694. The molecule has 2 heterocycles. The van der Waals surface area contributed by atoms with E-state index in [1.165, 1.54) is 0 Å². The molecule has 0 amide bonds. The Kier molecular flexibility index (Phi) is 3.77. The molecule has 2 N–H and O–H groups in total. The Hall–Kier alpha value is -2.89. The molecule has 0 saturated heterocycles. The Morgan fingerprint density at radius 1 is 1.10 bits per heavy atom. The molecule has 0 bridgehead atoms. The summed E-state index contributed by atoms with van der Waals surface area (Å²) in [5, 5.41) is 10.1. The molecular formula is C15H15N5O. The second-order valence-corrected chi connectivity index (χ2v) is 4.44. The van der Waals surface area contributed by atoms with Gasteiger partial charge in [-0.1, -0.05) is 24.3 Å². The van der Waals surface area contributed by atoms with Gasteiger partial charge >= 0.3 is 0 Å². The highest BCUT2D eigenvalue weighted by Gasteiger charge is 2.01. The summed E-state index contributed by atoms with van der Waals surface area (Å²) in [5.74, 6) is 1.09. The molecule has 0 spiro atoms. The van der Waals surface area contributed by atoms with E-state index >= 15 is 0 Å². The third-order valence-corrected chi connectivity index (χ3v) is 3.06. The number of nitrogens with one attached hydrogen (secondary N) is 2. The van der Waals surface area contributed by atoms with Crippen LogP contribution in [0.1, 0.15) is 5.56 Å². The standard InChI is InChI=1S/C15H15N5O/c1-21-14-7-8-16-15(19-14)17-10-11-2-4-12(5-3-11)13-6-9-18-20-13/h2-9H,10H2,1H3,(H,18,20)(H,16,17,19). The van der Waals surface area contributed by atoms with Crippen molar-refractivity contribution < 1.29 is 4.74 Å². The number of rotatable bonds is 5. The van der Waals surface area contributed by atoms with Crippen molar-refractivity contribution in [1.29, 1.82) is 0 Å². The number of hydrogen-bond donors (Lipinski definition) is 2. The summed E-state index contributed by atoms with van der Waals surface area (Å²) >= 11 is 0. The first kappa shape index (κ1) is 13.1. The van der Waals surface area contributed by atoms with Crippen molar-refractivity contribution in [1.82, 2.24) is 20.2 Å². The van der Waals surface area contributed by atoms with Crippen molar-refractivity contribution in [2.24, 2.45) is 0 Å². The fraction of sp³-hybridized carbons (Fsp3) is 0.133. The van der Waals surface area contributed by atoms with E-state index in [0.717, 1.165) is 16.8 Å². The maximum absolute atomic E-state index is 5.06. The van der Waals surface area contributed by atoms with E-state index in [-0.39, 0.29) is 0 Å². The molecule has 3 rings (SSSR count). The molecule has 0 atom stereocenters. The van der Waals surface area contributed by atoms with E-state index < -0.39 is 0 Å². The molecule has 1 aromatic carbocycles. The van der Waals surface area contributed by atoms with Crippen LogP contribution in [0.5, 0.6) is 5.88 Å². The Morgan fingerprint density at radius 3 is 2.67 bits per heavy atom. The molecule has 0 unspecified atom stereocenters. The number of methoxy groups -OCH3 is 1. The van der Waals surface area contributed by atoms with Gasteiger partial charge < -0.3 is 10.1 Å². The van der Waals surface area contributed by atoms with Crippen LogP contribution in [0.15, 0.2) is 48.8 Å². The molecule has 0 radical (unpaired) electrons. The second kappa shape index (κ2) is 6.04. The molecule has 3 aromatic rings. The third-order valence-electron chi connectivity index (χ3n) is 3.06. The molecule has 0 saturated carbocycles. The summed E-state index contributed by atoms with van der Waals surface area (Å²) < 4.78 is 5.06. The molecule has 0 aliphatic heterocycles. The van der Waals surface area contributed by atoms with Crippen LogP contribution in [0.25, 0.3) is 11.3 Å². The molecule has 0 aliphatic rings. The summed E-state index contributed by atoms with van der Waals surface area (Å²) in [6.45, 7) is 0.649. The van der Waals surface area contributed by atoms with Gasteiger partial charge in [0.15, 0.2) is 0 Å². The molecule has 21 heavy (non-hydrogen) atoms. The minimum absolute atomic E-state index is 0.544. The molecule has 106 valence electrons. The number of nitrogens with zero attached hydrogens (tertiary/aromatic N) is 3. The first-order valence-electron chi connectivity index (χ1n) is 6.55. The average molecular weight is 281 g/mol. The van der Waals surface area contributed by atoms with Crippen molar-refractivity contribution >= 4 is 5.95 Å². The van der Waals surface area contributed by atoms with Gasteiger partial charge in [-0.05, 0) is 17.2 Å². The Morgan fingerprint density at radius 2 is 1.95 bits per heavy atom. The van der Waals surface area contributed by atoms with Crippen molar-refractivity contribution in [2.75, 3.05) is 12.4 Å². The van der Waals surface area contributed by atoms with Crippen molar-refractivity contribution in [3.05, 3.63) is 54.4 Å². The summed E-state index contributed by atoms with van der Waals surface area (Å²) in [7, 11) is 1.58. The summed E-state index contributed by atoms with van der Waals surface area (Å²) in [6, 6.07) is 11.9. The molecular weight excluding hydrogens is 266 g/mol. The number of H-pyrrole nitrogens is 1. The fourth-order valence-electron chi connectivity index (χ4n) is 1.94. The van der Waals surface area contributed by atoms with E-state index in [2.05, 4.69) is 49.7 Å². The van der Waals surface area contributed by atoms with Crippen molar-refractivity contribution in [3.63, 3.8) is 0 Å². The lowest BCUT2D eigenvalue weighted by molar-refractivity contribution is 0.397. The summed E-state index contributed by atoms with van der Waals surface area (Å²) in [6.07, 6.45) is 3.40. The minimum Gasteiger partial charge on any atom is -0.481 e. The molecule has 0 fully saturated rings. The van der Waals surface area contributed by atoms with Gasteiger partial charge in [0.1, 0.15) is 0 Å². The van der Waals surface area contributed by atoms with Gasteiger partial charge in [0.25, 0.3) is 0 Å². The first-order valence-corrected chi connectivity index (χ1v) is 6.55. The number of hydrogen-bond acceptors (Lipinski definition) is 5. The van der Waals surface area contributed by atoms with Gasteiger partial charge in [-0.25, -0.2) is 4.98 Å². The van der Waals surface area contributed by atoms with E-state index in [9.17, 15) is 0 Å². The van der Waals surface area contributed by atoms with Crippen LogP contribution in [0.3, 0.4) is 0 Å². The van der Waals surface area contributed by atoms with Crippen LogP contribution in [0.4, 0.5) is 5.95 Å². The molecule has 6 nitrogen and oxygen atoms in total. The predicted octanol–water partition coefficient (Wildman–Crippen LogP) is 2.49. The number of aromatic amines is 1. The topological polar surface area (TPSA) is 75.7 Å². The number of aromatic nitrogens is 4. The van der Waals surface area contributed by atoms with Crippen molar-refractivity contribution in [3.8, 4) is 17.1 Å². The lowest BCUT2D eigenvalue weighted by atomic mass is 10.1. The van der Waals surface area contributed by atoms with Crippen LogP contribution in [0.2, 0.25) is 0 Å². The second-order valence-electron chi connectivity index (χ2n) is 4.44. The van der Waals surface area contributed by atoms with Crippen LogP contribution < -0.4 is 10.1 Å². The third kappa shape index (κ3) is 3.17. The van der Waals surface area contributed by atoms with Crippen LogP contribution in [0, 0.1) is 0 Å². The average Bonchev–Trinajstić information content (AvgIpc) is 3.08. The largest absolute Gasteiger partial charge is 0.481 e. The van der Waals surface area contributed by atoms with Crippen molar-refractivity contribution in [2.45, 2.75) is 6.54 Å². The highest BCUT2D eigenvalue weighted by Crippen LogP contribution is 2.17. The van der Waals surface area contributed by atoms with E-state index in [0.29, 0.717) is 18.4 Å². The van der Waals surface area contributed by atoms with Gasteiger partial charge in [0, 0.05) is 25.0 Å². The van der Waals surface area contributed by atoms with Gasteiger partial charge in [-0.15, -0.1) is 0 Å². The molecule has 0 aliphatic carbocycles. The quantitative estimate of drug-likeness (QED) is 0.751. The number of ether oxygens (including phenoxy) is 1. The van der Waals surface area contributed by atoms with E-state index in [1.54, 1.807) is 25.6 Å². The zero-order valence-electron chi connectivity index (χ0n) is 11.6. The van der Waals surface area contributed by atoms with Gasteiger partial charge in [0.05, 0.1) is 12.8 Å². The predicted molar refractivity (Wildman–Crippen MR) is 79.9 cm³/mol.